The number of ether oxygens (including phenoxy) is 1. The van der Waals surface area contributed by atoms with Gasteiger partial charge in [0.25, 0.3) is 8.32 Å². The van der Waals surface area contributed by atoms with Crippen LogP contribution in [0, 0.1) is 5.41 Å². The van der Waals surface area contributed by atoms with Crippen LogP contribution in [0.15, 0.2) is 60.7 Å². The Morgan fingerprint density at radius 3 is 1.68 bits per heavy atom. The first-order chi connectivity index (χ1) is 15.7. The fraction of sp³-hybridized carbons (Fsp3) is 0.536. The number of primary amides is 1. The predicted molar refractivity (Wildman–Crippen MR) is 140 cm³/mol. The van der Waals surface area contributed by atoms with Gasteiger partial charge in [0.1, 0.15) is 5.60 Å². The van der Waals surface area contributed by atoms with Crippen LogP contribution in [-0.4, -0.2) is 37.3 Å². The molecule has 0 aliphatic heterocycles. The first kappa shape index (κ1) is 26.5. The van der Waals surface area contributed by atoms with Crippen molar-refractivity contribution in [3.8, 4) is 0 Å². The molecule has 0 saturated heterocycles. The molecule has 0 spiro atoms. The molecule has 0 aromatic heterocycles. The Balaban J connectivity index is 1.93. The highest BCUT2D eigenvalue weighted by molar-refractivity contribution is 6.99. The Hall–Kier alpha value is -2.15. The van der Waals surface area contributed by atoms with Crippen LogP contribution < -0.4 is 16.1 Å². The lowest BCUT2D eigenvalue weighted by Gasteiger charge is -2.51. The molecular formula is C28H41NO4Si. The quantitative estimate of drug-likeness (QED) is 0.581. The van der Waals surface area contributed by atoms with Gasteiger partial charge in [-0.2, -0.15) is 0 Å². The third-order valence-electron chi connectivity index (χ3n) is 7.63. The van der Waals surface area contributed by atoms with E-state index >= 15 is 0 Å². The Kier molecular flexibility index (Phi) is 7.37. The number of hydrogen-bond acceptors (Lipinski definition) is 4. The Morgan fingerprint density at radius 1 is 0.882 bits per heavy atom. The molecule has 1 amide bonds. The lowest BCUT2D eigenvalue weighted by Crippen LogP contribution is -2.68. The zero-order valence-corrected chi connectivity index (χ0v) is 22.6. The Morgan fingerprint density at radius 2 is 1.32 bits per heavy atom. The maximum atomic E-state index is 11.7. The summed E-state index contributed by atoms with van der Waals surface area (Å²) < 4.78 is 12.7. The number of aliphatic hydroxyl groups is 1. The van der Waals surface area contributed by atoms with Gasteiger partial charge in [0.15, 0.2) is 0 Å². The molecule has 3 N–H and O–H groups in total. The molecule has 2 aromatic rings. The highest BCUT2D eigenvalue weighted by Gasteiger charge is 2.54. The van der Waals surface area contributed by atoms with Gasteiger partial charge in [0.05, 0.1) is 12.2 Å². The molecule has 5 nitrogen and oxygen atoms in total. The Labute approximate surface area is 205 Å². The monoisotopic (exact) mass is 483 g/mol. The van der Waals surface area contributed by atoms with Crippen LogP contribution in [0.1, 0.15) is 67.2 Å². The summed E-state index contributed by atoms with van der Waals surface area (Å²) >= 11 is 0. The highest BCUT2D eigenvalue weighted by Crippen LogP contribution is 2.48. The first-order valence-corrected chi connectivity index (χ1v) is 14.1. The number of amides is 1. The largest absolute Gasteiger partial charge is 0.443 e. The van der Waals surface area contributed by atoms with Gasteiger partial charge in [-0.1, -0.05) is 102 Å². The minimum atomic E-state index is -2.74. The lowest BCUT2D eigenvalue weighted by molar-refractivity contribution is -0.141. The van der Waals surface area contributed by atoms with Crippen molar-refractivity contribution < 1.29 is 19.1 Å². The van der Waals surface area contributed by atoms with E-state index in [2.05, 4.69) is 90.1 Å². The van der Waals surface area contributed by atoms with E-state index in [0.717, 1.165) is 0 Å². The van der Waals surface area contributed by atoms with E-state index < -0.39 is 25.6 Å². The van der Waals surface area contributed by atoms with Crippen molar-refractivity contribution >= 4 is 24.8 Å². The molecule has 186 valence electrons. The second-order valence-electron chi connectivity index (χ2n) is 11.8. The molecule has 0 heterocycles. The third-order valence-corrected chi connectivity index (χ3v) is 12.6. The van der Waals surface area contributed by atoms with Crippen LogP contribution in [0.25, 0.3) is 0 Å². The smallest absolute Gasteiger partial charge is 0.405 e. The van der Waals surface area contributed by atoms with E-state index in [1.54, 1.807) is 0 Å². The molecule has 1 saturated carbocycles. The Bertz CT molecular complexity index is 916. The van der Waals surface area contributed by atoms with Gasteiger partial charge in [-0.15, -0.1) is 0 Å². The van der Waals surface area contributed by atoms with Gasteiger partial charge in [0.2, 0.25) is 0 Å². The van der Waals surface area contributed by atoms with Gasteiger partial charge < -0.3 is 20.0 Å². The van der Waals surface area contributed by atoms with Crippen molar-refractivity contribution in [3.05, 3.63) is 60.7 Å². The molecule has 0 bridgehead atoms. The summed E-state index contributed by atoms with van der Waals surface area (Å²) in [4.78, 5) is 11.7. The van der Waals surface area contributed by atoms with Crippen molar-refractivity contribution in [3.63, 3.8) is 0 Å². The summed E-state index contributed by atoms with van der Waals surface area (Å²) in [6.07, 6.45) is 1.29. The van der Waals surface area contributed by atoms with Crippen molar-refractivity contribution in [2.45, 2.75) is 83.5 Å². The SMILES string of the molecule is CC(C)(C)C1(OC(N)=O)CCC(O)(CO[Si](c2ccccc2)(c2ccccc2)C(C)(C)C)CC1. The highest BCUT2D eigenvalue weighted by atomic mass is 28.4. The summed E-state index contributed by atoms with van der Waals surface area (Å²) in [6, 6.07) is 20.9. The van der Waals surface area contributed by atoms with Gasteiger partial charge >= 0.3 is 6.09 Å². The number of nitrogens with two attached hydrogens (primary N) is 1. The van der Waals surface area contributed by atoms with E-state index in [-0.39, 0.29) is 17.1 Å². The zero-order chi connectivity index (χ0) is 25.3. The minimum absolute atomic E-state index is 0.162. The van der Waals surface area contributed by atoms with Crippen molar-refractivity contribution in [1.29, 1.82) is 0 Å². The molecule has 0 atom stereocenters. The number of hydrogen-bond donors (Lipinski definition) is 2. The van der Waals surface area contributed by atoms with Crippen molar-refractivity contribution in [1.82, 2.24) is 0 Å². The van der Waals surface area contributed by atoms with E-state index in [0.29, 0.717) is 25.7 Å². The summed E-state index contributed by atoms with van der Waals surface area (Å²) in [6.45, 7) is 13.1. The van der Waals surface area contributed by atoms with Crippen LogP contribution >= 0.6 is 0 Å². The molecule has 2 aromatic carbocycles. The van der Waals surface area contributed by atoms with E-state index in [9.17, 15) is 9.90 Å². The van der Waals surface area contributed by atoms with E-state index in [1.807, 2.05) is 12.1 Å². The van der Waals surface area contributed by atoms with E-state index in [1.165, 1.54) is 10.4 Å². The topological polar surface area (TPSA) is 81.8 Å². The fourth-order valence-electron chi connectivity index (χ4n) is 5.47. The second-order valence-corrected chi connectivity index (χ2v) is 16.1. The average Bonchev–Trinajstić information content (AvgIpc) is 2.75. The molecule has 34 heavy (non-hydrogen) atoms. The number of rotatable bonds is 6. The second kappa shape index (κ2) is 9.48. The maximum absolute atomic E-state index is 11.7. The van der Waals surface area contributed by atoms with Crippen molar-refractivity contribution in [2.24, 2.45) is 11.1 Å². The van der Waals surface area contributed by atoms with Gasteiger partial charge in [-0.3, -0.25) is 0 Å². The molecular weight excluding hydrogens is 442 g/mol. The number of carbonyl (C=O) groups excluding carboxylic acids is 1. The number of carbonyl (C=O) groups is 1. The molecule has 1 aliphatic rings. The fourth-order valence-corrected chi connectivity index (χ4v) is 10.1. The van der Waals surface area contributed by atoms with Crippen LogP contribution in [-0.2, 0) is 9.16 Å². The summed E-state index contributed by atoms with van der Waals surface area (Å²) in [5, 5.41) is 13.9. The van der Waals surface area contributed by atoms with Crippen molar-refractivity contribution in [2.75, 3.05) is 6.61 Å². The van der Waals surface area contributed by atoms with Gasteiger partial charge in [-0.25, -0.2) is 4.79 Å². The van der Waals surface area contributed by atoms with Crippen LogP contribution in [0.5, 0.6) is 0 Å². The normalized spacial score (nSPS) is 24.0. The third kappa shape index (κ3) is 5.09. The maximum Gasteiger partial charge on any atom is 0.405 e. The molecule has 6 heteroatoms. The molecule has 0 unspecified atom stereocenters. The van der Waals surface area contributed by atoms with Gasteiger partial charge in [-0.05, 0) is 41.1 Å². The summed E-state index contributed by atoms with van der Waals surface area (Å²) in [5.41, 5.74) is 3.44. The lowest BCUT2D eigenvalue weighted by atomic mass is 9.65. The first-order valence-electron chi connectivity index (χ1n) is 12.2. The molecule has 1 fully saturated rings. The average molecular weight is 484 g/mol. The van der Waals surface area contributed by atoms with Crippen LogP contribution in [0.2, 0.25) is 5.04 Å². The zero-order valence-electron chi connectivity index (χ0n) is 21.6. The summed E-state index contributed by atoms with van der Waals surface area (Å²) in [5.74, 6) is 0. The van der Waals surface area contributed by atoms with E-state index in [4.69, 9.17) is 14.9 Å². The molecule has 3 rings (SSSR count). The molecule has 0 radical (unpaired) electrons. The predicted octanol–water partition coefficient (Wildman–Crippen LogP) is 4.75. The number of benzene rings is 2. The van der Waals surface area contributed by atoms with Gasteiger partial charge in [0, 0.05) is 5.41 Å². The van der Waals surface area contributed by atoms with Crippen LogP contribution in [0.3, 0.4) is 0 Å². The summed E-state index contributed by atoms with van der Waals surface area (Å²) in [7, 11) is -2.74. The standard InChI is InChI=1S/C28H41NO4Si/c1-25(2,3)28(33-24(29)30)19-17-27(31,18-20-28)21-32-34(26(4,5)6,22-13-9-7-10-14-22)23-15-11-8-12-16-23/h7-16,31H,17-21H2,1-6H3,(H2,29,30). The van der Waals surface area contributed by atoms with Crippen LogP contribution in [0.4, 0.5) is 4.79 Å². The molecule has 1 aliphatic carbocycles. The minimum Gasteiger partial charge on any atom is -0.443 e.